The molecule has 0 aromatic heterocycles. The molecular formula is C17H25N3. The molecule has 2 saturated carbocycles. The zero-order valence-corrected chi connectivity index (χ0v) is 12.1. The highest BCUT2D eigenvalue weighted by molar-refractivity contribution is 5.78. The molecule has 20 heavy (non-hydrogen) atoms. The van der Waals surface area contributed by atoms with Crippen molar-refractivity contribution in [2.75, 3.05) is 0 Å². The van der Waals surface area contributed by atoms with E-state index < -0.39 is 0 Å². The van der Waals surface area contributed by atoms with Gasteiger partial charge in [0.25, 0.3) is 0 Å². The first-order chi connectivity index (χ1) is 9.81. The van der Waals surface area contributed by atoms with Crippen molar-refractivity contribution in [2.45, 2.75) is 62.9 Å². The predicted octanol–water partition coefficient (Wildman–Crippen LogP) is 3.17. The predicted molar refractivity (Wildman–Crippen MR) is 83.8 cm³/mol. The zero-order valence-electron chi connectivity index (χ0n) is 12.1. The molecule has 2 aliphatic carbocycles. The van der Waals surface area contributed by atoms with Crippen LogP contribution in [0.5, 0.6) is 0 Å². The van der Waals surface area contributed by atoms with Crippen LogP contribution in [0.3, 0.4) is 0 Å². The molecule has 1 aromatic carbocycles. The Morgan fingerprint density at radius 2 is 1.75 bits per heavy atom. The Balaban J connectivity index is 1.45. The van der Waals surface area contributed by atoms with Gasteiger partial charge in [-0.1, -0.05) is 49.6 Å². The third kappa shape index (κ3) is 3.33. The number of hydrogen-bond acceptors (Lipinski definition) is 1. The standard InChI is InChI=1S/C17H25N3/c18-17(19-15-9-5-2-6-10-15)20-16-11-14(12-16)13-7-3-1-4-8-13/h1,3-4,7-8,14-16H,2,5-6,9-12H2,(H3,18,19,20). The van der Waals surface area contributed by atoms with E-state index in [0.717, 1.165) is 0 Å². The second-order valence-corrected chi connectivity index (χ2v) is 6.23. The minimum absolute atomic E-state index is 0.459. The van der Waals surface area contributed by atoms with Gasteiger partial charge in [0.15, 0.2) is 5.96 Å². The zero-order chi connectivity index (χ0) is 13.8. The maximum Gasteiger partial charge on any atom is 0.189 e. The van der Waals surface area contributed by atoms with Crippen molar-refractivity contribution < 1.29 is 0 Å². The summed E-state index contributed by atoms with van der Waals surface area (Å²) < 4.78 is 0. The molecule has 3 N–H and O–H groups in total. The van der Waals surface area contributed by atoms with Gasteiger partial charge < -0.3 is 11.1 Å². The van der Waals surface area contributed by atoms with Gasteiger partial charge in [-0.05, 0) is 37.2 Å². The summed E-state index contributed by atoms with van der Waals surface area (Å²) in [5.41, 5.74) is 7.49. The molecule has 0 radical (unpaired) electrons. The lowest BCUT2D eigenvalue weighted by molar-refractivity contribution is 0.322. The fourth-order valence-corrected chi connectivity index (χ4v) is 3.39. The smallest absolute Gasteiger partial charge is 0.189 e. The van der Waals surface area contributed by atoms with E-state index >= 15 is 0 Å². The summed E-state index contributed by atoms with van der Waals surface area (Å²) in [5, 5.41) is 3.39. The molecule has 2 aliphatic rings. The summed E-state index contributed by atoms with van der Waals surface area (Å²) in [6, 6.07) is 11.7. The van der Waals surface area contributed by atoms with Crippen LogP contribution in [0, 0.1) is 0 Å². The van der Waals surface area contributed by atoms with E-state index in [2.05, 4.69) is 40.6 Å². The van der Waals surface area contributed by atoms with Crippen LogP contribution >= 0.6 is 0 Å². The first kappa shape index (κ1) is 13.5. The van der Waals surface area contributed by atoms with Crippen molar-refractivity contribution in [1.29, 1.82) is 0 Å². The summed E-state index contributed by atoms with van der Waals surface area (Å²) in [7, 11) is 0. The maximum atomic E-state index is 6.04. The van der Waals surface area contributed by atoms with E-state index in [4.69, 9.17) is 5.73 Å². The first-order valence-corrected chi connectivity index (χ1v) is 7.96. The van der Waals surface area contributed by atoms with Gasteiger partial charge in [0.2, 0.25) is 0 Å². The molecule has 108 valence electrons. The fraction of sp³-hybridized carbons (Fsp3) is 0.588. The summed E-state index contributed by atoms with van der Waals surface area (Å²) in [4.78, 5) is 4.64. The first-order valence-electron chi connectivity index (χ1n) is 7.96. The molecule has 0 aliphatic heterocycles. The van der Waals surface area contributed by atoms with Gasteiger partial charge in [-0.3, -0.25) is 4.99 Å². The lowest BCUT2D eigenvalue weighted by Crippen LogP contribution is -2.47. The van der Waals surface area contributed by atoms with Crippen LogP contribution in [-0.2, 0) is 0 Å². The second-order valence-electron chi connectivity index (χ2n) is 6.23. The Morgan fingerprint density at radius 1 is 1.05 bits per heavy atom. The summed E-state index contributed by atoms with van der Waals surface area (Å²) in [6.45, 7) is 0. The largest absolute Gasteiger partial charge is 0.370 e. The van der Waals surface area contributed by atoms with Gasteiger partial charge >= 0.3 is 0 Å². The monoisotopic (exact) mass is 271 g/mol. The van der Waals surface area contributed by atoms with Crippen molar-refractivity contribution in [2.24, 2.45) is 10.7 Å². The molecule has 3 heteroatoms. The summed E-state index contributed by atoms with van der Waals surface area (Å²) in [5.74, 6) is 1.35. The quantitative estimate of drug-likeness (QED) is 0.655. The average molecular weight is 271 g/mol. The molecule has 1 aromatic rings. The van der Waals surface area contributed by atoms with Crippen molar-refractivity contribution in [3.05, 3.63) is 35.9 Å². The Kier molecular flexibility index (Phi) is 4.24. The third-order valence-electron chi connectivity index (χ3n) is 4.66. The molecule has 0 unspecified atom stereocenters. The lowest BCUT2D eigenvalue weighted by Gasteiger charge is -2.36. The summed E-state index contributed by atoms with van der Waals surface area (Å²) >= 11 is 0. The molecular weight excluding hydrogens is 246 g/mol. The van der Waals surface area contributed by atoms with E-state index in [0.29, 0.717) is 24.0 Å². The molecule has 3 rings (SSSR count). The Morgan fingerprint density at radius 3 is 2.45 bits per heavy atom. The Hall–Kier alpha value is -1.51. The van der Waals surface area contributed by atoms with E-state index in [1.807, 2.05) is 0 Å². The number of hydrogen-bond donors (Lipinski definition) is 2. The van der Waals surface area contributed by atoms with Crippen LogP contribution < -0.4 is 11.1 Å². The molecule has 0 amide bonds. The van der Waals surface area contributed by atoms with Gasteiger partial charge in [-0.2, -0.15) is 0 Å². The highest BCUT2D eigenvalue weighted by atomic mass is 15.1. The summed E-state index contributed by atoms with van der Waals surface area (Å²) in [6.07, 6.45) is 8.73. The van der Waals surface area contributed by atoms with Crippen molar-refractivity contribution in [3.8, 4) is 0 Å². The Bertz CT molecular complexity index is 443. The van der Waals surface area contributed by atoms with Gasteiger partial charge in [0.1, 0.15) is 0 Å². The maximum absolute atomic E-state index is 6.04. The number of benzene rings is 1. The molecule has 0 spiro atoms. The minimum atomic E-state index is 0.459. The number of nitrogens with one attached hydrogen (secondary N) is 1. The highest BCUT2D eigenvalue weighted by Gasteiger charge is 2.30. The highest BCUT2D eigenvalue weighted by Crippen LogP contribution is 2.36. The van der Waals surface area contributed by atoms with Crippen LogP contribution in [-0.4, -0.2) is 18.0 Å². The van der Waals surface area contributed by atoms with Crippen LogP contribution in [0.15, 0.2) is 35.3 Å². The van der Waals surface area contributed by atoms with Crippen molar-refractivity contribution in [1.82, 2.24) is 5.32 Å². The van der Waals surface area contributed by atoms with Gasteiger partial charge in [0, 0.05) is 6.04 Å². The molecule has 3 nitrogen and oxygen atoms in total. The van der Waals surface area contributed by atoms with E-state index in [1.165, 1.54) is 50.5 Å². The molecule has 0 heterocycles. The lowest BCUT2D eigenvalue weighted by atomic mass is 9.76. The number of guanidine groups is 1. The number of nitrogens with two attached hydrogens (primary N) is 1. The van der Waals surface area contributed by atoms with Crippen molar-refractivity contribution in [3.63, 3.8) is 0 Å². The molecule has 0 saturated heterocycles. The Labute approximate surface area is 121 Å². The number of rotatable bonds is 3. The van der Waals surface area contributed by atoms with Crippen LogP contribution in [0.1, 0.15) is 56.4 Å². The van der Waals surface area contributed by atoms with Gasteiger partial charge in [-0.15, -0.1) is 0 Å². The number of nitrogens with zero attached hydrogens (tertiary/aromatic N) is 1. The molecule has 0 bridgehead atoms. The van der Waals surface area contributed by atoms with Crippen LogP contribution in [0.4, 0.5) is 0 Å². The van der Waals surface area contributed by atoms with Crippen LogP contribution in [0.2, 0.25) is 0 Å². The second kappa shape index (κ2) is 6.29. The average Bonchev–Trinajstić information content (AvgIpc) is 2.44. The molecule has 0 atom stereocenters. The van der Waals surface area contributed by atoms with E-state index in [-0.39, 0.29) is 0 Å². The van der Waals surface area contributed by atoms with E-state index in [9.17, 15) is 0 Å². The normalized spacial score (nSPS) is 27.9. The fourth-order valence-electron chi connectivity index (χ4n) is 3.39. The SMILES string of the molecule is NC(=NC1CCCCC1)NC1CC(c2ccccc2)C1. The van der Waals surface area contributed by atoms with Gasteiger partial charge in [-0.25, -0.2) is 0 Å². The minimum Gasteiger partial charge on any atom is -0.370 e. The van der Waals surface area contributed by atoms with Crippen LogP contribution in [0.25, 0.3) is 0 Å². The van der Waals surface area contributed by atoms with Crippen molar-refractivity contribution >= 4 is 5.96 Å². The molecule has 2 fully saturated rings. The van der Waals surface area contributed by atoms with E-state index in [1.54, 1.807) is 0 Å². The van der Waals surface area contributed by atoms with Gasteiger partial charge in [0.05, 0.1) is 6.04 Å². The third-order valence-corrected chi connectivity index (χ3v) is 4.66. The number of aliphatic imine (C=N–C) groups is 1. The topological polar surface area (TPSA) is 50.4 Å².